The molecule has 0 bridgehead atoms. The number of nitrogens with zero attached hydrogens (tertiary/aromatic N) is 1. The Morgan fingerprint density at radius 3 is 2.67 bits per heavy atom. The lowest BCUT2D eigenvalue weighted by molar-refractivity contribution is 0.0200. The number of ether oxygens (including phenoxy) is 1. The van der Waals surface area contributed by atoms with Crippen LogP contribution in [0.4, 0.5) is 4.79 Å². The van der Waals surface area contributed by atoms with E-state index in [2.05, 4.69) is 12.2 Å². The van der Waals surface area contributed by atoms with Crippen LogP contribution in [-0.4, -0.2) is 40.3 Å². The average Bonchev–Trinajstić information content (AvgIpc) is 3.01. The van der Waals surface area contributed by atoms with Crippen molar-refractivity contribution in [2.75, 3.05) is 6.54 Å². The summed E-state index contributed by atoms with van der Waals surface area (Å²) in [5.41, 5.74) is 1.56. The Kier molecular flexibility index (Phi) is 6.24. The molecule has 1 fully saturated rings. The fourth-order valence-electron chi connectivity index (χ4n) is 3.15. The number of carbonyl (C=O) groups excluding carboxylic acids is 1. The van der Waals surface area contributed by atoms with Crippen molar-refractivity contribution in [3.05, 3.63) is 35.4 Å². The number of nitrogens with one attached hydrogen (secondary N) is 1. The van der Waals surface area contributed by atoms with Crippen molar-refractivity contribution in [3.63, 3.8) is 0 Å². The van der Waals surface area contributed by atoms with E-state index < -0.39 is 5.60 Å². The number of aliphatic hydroxyl groups is 1. The van der Waals surface area contributed by atoms with Gasteiger partial charge >= 0.3 is 6.09 Å². The molecule has 0 aromatic heterocycles. The molecule has 0 radical (unpaired) electrons. The van der Waals surface area contributed by atoms with Crippen molar-refractivity contribution >= 4 is 6.09 Å². The summed E-state index contributed by atoms with van der Waals surface area (Å²) in [5.74, 6) is 0. The van der Waals surface area contributed by atoms with Crippen molar-refractivity contribution in [2.45, 2.75) is 71.4 Å². The highest BCUT2D eigenvalue weighted by atomic mass is 16.6. The molecule has 1 heterocycles. The highest BCUT2D eigenvalue weighted by Crippen LogP contribution is 2.23. The SMILES string of the molecule is CC(NCc1ccccc1CO)C1CCCN1C(=O)OC(C)(C)C. The molecule has 1 saturated heterocycles. The summed E-state index contributed by atoms with van der Waals surface area (Å²) in [4.78, 5) is 14.2. The van der Waals surface area contributed by atoms with E-state index in [9.17, 15) is 9.90 Å². The molecule has 24 heavy (non-hydrogen) atoms. The van der Waals surface area contributed by atoms with Crippen LogP contribution >= 0.6 is 0 Å². The summed E-state index contributed by atoms with van der Waals surface area (Å²) in [7, 11) is 0. The first-order chi connectivity index (χ1) is 11.3. The minimum absolute atomic E-state index is 0.0414. The van der Waals surface area contributed by atoms with E-state index in [4.69, 9.17) is 4.74 Å². The molecular formula is C19H30N2O3. The lowest BCUT2D eigenvalue weighted by Crippen LogP contribution is -2.48. The van der Waals surface area contributed by atoms with Gasteiger partial charge in [0.1, 0.15) is 5.60 Å². The van der Waals surface area contributed by atoms with Crippen LogP contribution in [-0.2, 0) is 17.9 Å². The van der Waals surface area contributed by atoms with Crippen molar-refractivity contribution in [2.24, 2.45) is 0 Å². The minimum Gasteiger partial charge on any atom is -0.444 e. The van der Waals surface area contributed by atoms with Gasteiger partial charge in [-0.1, -0.05) is 24.3 Å². The van der Waals surface area contributed by atoms with Crippen LogP contribution in [0.15, 0.2) is 24.3 Å². The molecule has 1 aromatic rings. The van der Waals surface area contributed by atoms with Gasteiger partial charge in [-0.05, 0) is 51.7 Å². The maximum atomic E-state index is 12.4. The summed E-state index contributed by atoms with van der Waals surface area (Å²) < 4.78 is 5.53. The zero-order valence-electron chi connectivity index (χ0n) is 15.2. The third-order valence-electron chi connectivity index (χ3n) is 4.41. The van der Waals surface area contributed by atoms with Gasteiger partial charge < -0.3 is 20.1 Å². The zero-order valence-corrected chi connectivity index (χ0v) is 15.2. The first kappa shape index (κ1) is 18.7. The first-order valence-corrected chi connectivity index (χ1v) is 8.72. The van der Waals surface area contributed by atoms with Crippen molar-refractivity contribution < 1.29 is 14.6 Å². The van der Waals surface area contributed by atoms with Gasteiger partial charge in [-0.3, -0.25) is 0 Å². The molecule has 2 atom stereocenters. The standard InChI is InChI=1S/C19H30N2O3/c1-14(20-12-15-8-5-6-9-16(15)13-22)17-10-7-11-21(17)18(23)24-19(2,3)4/h5-6,8-9,14,17,20,22H,7,10-13H2,1-4H3. The first-order valence-electron chi connectivity index (χ1n) is 8.72. The number of amides is 1. The van der Waals surface area contributed by atoms with Gasteiger partial charge in [-0.15, -0.1) is 0 Å². The monoisotopic (exact) mass is 334 g/mol. The largest absolute Gasteiger partial charge is 0.444 e. The number of benzene rings is 1. The zero-order chi connectivity index (χ0) is 17.7. The highest BCUT2D eigenvalue weighted by Gasteiger charge is 2.35. The minimum atomic E-state index is -0.471. The second-order valence-electron chi connectivity index (χ2n) is 7.48. The maximum absolute atomic E-state index is 12.4. The van der Waals surface area contributed by atoms with E-state index in [1.54, 1.807) is 0 Å². The molecular weight excluding hydrogens is 304 g/mol. The van der Waals surface area contributed by atoms with Gasteiger partial charge in [0, 0.05) is 19.1 Å². The number of likely N-dealkylation sites (tertiary alicyclic amines) is 1. The Balaban J connectivity index is 1.95. The highest BCUT2D eigenvalue weighted by molar-refractivity contribution is 5.69. The van der Waals surface area contributed by atoms with Crippen LogP contribution in [0.3, 0.4) is 0 Å². The predicted molar refractivity (Wildman–Crippen MR) is 94.6 cm³/mol. The van der Waals surface area contributed by atoms with Gasteiger partial charge in [-0.25, -0.2) is 4.79 Å². The van der Waals surface area contributed by atoms with E-state index in [0.717, 1.165) is 30.5 Å². The van der Waals surface area contributed by atoms with Gasteiger partial charge in [-0.2, -0.15) is 0 Å². The molecule has 2 unspecified atom stereocenters. The van der Waals surface area contributed by atoms with Crippen LogP contribution in [0.1, 0.15) is 51.7 Å². The van der Waals surface area contributed by atoms with Gasteiger partial charge in [0.15, 0.2) is 0 Å². The summed E-state index contributed by atoms with van der Waals surface area (Å²) in [6, 6.07) is 8.16. The topological polar surface area (TPSA) is 61.8 Å². The van der Waals surface area contributed by atoms with Gasteiger partial charge in [0.25, 0.3) is 0 Å². The van der Waals surface area contributed by atoms with E-state index in [1.165, 1.54) is 0 Å². The third kappa shape index (κ3) is 4.95. The number of hydrogen-bond donors (Lipinski definition) is 2. The van der Waals surface area contributed by atoms with Crippen LogP contribution in [0.25, 0.3) is 0 Å². The summed E-state index contributed by atoms with van der Waals surface area (Å²) >= 11 is 0. The van der Waals surface area contributed by atoms with Crippen LogP contribution in [0.2, 0.25) is 0 Å². The third-order valence-corrected chi connectivity index (χ3v) is 4.41. The summed E-state index contributed by atoms with van der Waals surface area (Å²) in [6.45, 7) is 9.25. The van der Waals surface area contributed by atoms with Crippen LogP contribution in [0, 0.1) is 0 Å². The van der Waals surface area contributed by atoms with Crippen molar-refractivity contribution in [3.8, 4) is 0 Å². The molecule has 5 nitrogen and oxygen atoms in total. The lowest BCUT2D eigenvalue weighted by atomic mass is 10.1. The van der Waals surface area contributed by atoms with E-state index in [1.807, 2.05) is 49.9 Å². The molecule has 0 spiro atoms. The summed E-state index contributed by atoms with van der Waals surface area (Å²) in [6.07, 6.45) is 1.76. The molecule has 1 aromatic carbocycles. The van der Waals surface area contributed by atoms with E-state index in [-0.39, 0.29) is 24.8 Å². The molecule has 134 valence electrons. The normalized spacial score (nSPS) is 19.4. The van der Waals surface area contributed by atoms with Gasteiger partial charge in [0.2, 0.25) is 0 Å². The second kappa shape index (κ2) is 7.99. The lowest BCUT2D eigenvalue weighted by Gasteiger charge is -2.32. The Hall–Kier alpha value is -1.59. The van der Waals surface area contributed by atoms with E-state index >= 15 is 0 Å². The Bertz CT molecular complexity index is 554. The Morgan fingerprint density at radius 2 is 2.04 bits per heavy atom. The summed E-state index contributed by atoms with van der Waals surface area (Å²) in [5, 5.41) is 12.9. The molecule has 1 aliphatic heterocycles. The molecule has 0 saturated carbocycles. The van der Waals surface area contributed by atoms with Crippen LogP contribution in [0.5, 0.6) is 0 Å². The second-order valence-corrected chi connectivity index (χ2v) is 7.48. The van der Waals surface area contributed by atoms with Crippen molar-refractivity contribution in [1.82, 2.24) is 10.2 Å². The quantitative estimate of drug-likeness (QED) is 0.869. The maximum Gasteiger partial charge on any atom is 0.410 e. The average molecular weight is 334 g/mol. The smallest absolute Gasteiger partial charge is 0.410 e. The number of rotatable bonds is 5. The van der Waals surface area contributed by atoms with Crippen molar-refractivity contribution in [1.29, 1.82) is 0 Å². The Morgan fingerprint density at radius 1 is 1.38 bits per heavy atom. The molecule has 2 rings (SSSR count). The molecule has 2 N–H and O–H groups in total. The fraction of sp³-hybridized carbons (Fsp3) is 0.632. The van der Waals surface area contributed by atoms with Crippen LogP contribution < -0.4 is 5.32 Å². The number of hydrogen-bond acceptors (Lipinski definition) is 4. The fourth-order valence-corrected chi connectivity index (χ4v) is 3.15. The van der Waals surface area contributed by atoms with Gasteiger partial charge in [0.05, 0.1) is 12.6 Å². The Labute approximate surface area is 145 Å². The molecule has 0 aliphatic carbocycles. The predicted octanol–water partition coefficient (Wildman–Crippen LogP) is 3.06. The molecule has 5 heteroatoms. The molecule has 1 amide bonds. The number of aliphatic hydroxyl groups excluding tert-OH is 1. The molecule has 1 aliphatic rings. The number of carbonyl (C=O) groups is 1. The van der Waals surface area contributed by atoms with E-state index in [0.29, 0.717) is 6.54 Å².